The highest BCUT2D eigenvalue weighted by molar-refractivity contribution is 6.02. The SMILES string of the molecule is COc1ccc(NC(=O)/C=C/c2ccc3c(c2)OCCO3)c(OC)c1. The third-order valence-corrected chi connectivity index (χ3v) is 3.66. The molecule has 0 spiro atoms. The van der Waals surface area contributed by atoms with Crippen molar-refractivity contribution < 1.29 is 23.7 Å². The second kappa shape index (κ2) is 7.61. The van der Waals surface area contributed by atoms with Crippen LogP contribution in [-0.4, -0.2) is 33.3 Å². The van der Waals surface area contributed by atoms with Gasteiger partial charge in [-0.05, 0) is 35.9 Å². The zero-order valence-corrected chi connectivity index (χ0v) is 14.1. The molecule has 0 unspecified atom stereocenters. The zero-order chi connectivity index (χ0) is 17.6. The molecule has 0 fully saturated rings. The number of methoxy groups -OCH3 is 2. The smallest absolute Gasteiger partial charge is 0.248 e. The lowest BCUT2D eigenvalue weighted by atomic mass is 10.2. The molecule has 1 N–H and O–H groups in total. The van der Waals surface area contributed by atoms with Gasteiger partial charge in [0.05, 0.1) is 19.9 Å². The molecule has 1 heterocycles. The highest BCUT2D eigenvalue weighted by atomic mass is 16.6. The molecule has 6 nitrogen and oxygen atoms in total. The quantitative estimate of drug-likeness (QED) is 0.847. The van der Waals surface area contributed by atoms with Crippen LogP contribution in [0.2, 0.25) is 0 Å². The maximum atomic E-state index is 12.2. The fraction of sp³-hybridized carbons (Fsp3) is 0.211. The normalized spacial score (nSPS) is 12.7. The Bertz CT molecular complexity index is 800. The fourth-order valence-corrected chi connectivity index (χ4v) is 2.41. The van der Waals surface area contributed by atoms with E-state index in [4.69, 9.17) is 18.9 Å². The van der Waals surface area contributed by atoms with Crippen LogP contribution in [0.15, 0.2) is 42.5 Å². The van der Waals surface area contributed by atoms with Gasteiger partial charge < -0.3 is 24.3 Å². The Morgan fingerprint density at radius 3 is 2.60 bits per heavy atom. The topological polar surface area (TPSA) is 66.0 Å². The van der Waals surface area contributed by atoms with E-state index in [0.717, 1.165) is 11.3 Å². The van der Waals surface area contributed by atoms with E-state index < -0.39 is 0 Å². The molecule has 0 bridgehead atoms. The van der Waals surface area contributed by atoms with Crippen LogP contribution in [0.5, 0.6) is 23.0 Å². The number of hydrogen-bond donors (Lipinski definition) is 1. The highest BCUT2D eigenvalue weighted by Crippen LogP contribution is 2.31. The van der Waals surface area contributed by atoms with Crippen LogP contribution >= 0.6 is 0 Å². The summed E-state index contributed by atoms with van der Waals surface area (Å²) < 4.78 is 21.4. The molecular formula is C19H19NO5. The van der Waals surface area contributed by atoms with E-state index in [9.17, 15) is 4.79 Å². The number of benzene rings is 2. The number of hydrogen-bond acceptors (Lipinski definition) is 5. The number of amides is 1. The summed E-state index contributed by atoms with van der Waals surface area (Å²) in [5.74, 6) is 2.32. The van der Waals surface area contributed by atoms with Gasteiger partial charge in [0, 0.05) is 12.1 Å². The van der Waals surface area contributed by atoms with Gasteiger partial charge in [-0.2, -0.15) is 0 Å². The van der Waals surface area contributed by atoms with Crippen LogP contribution in [0.4, 0.5) is 5.69 Å². The van der Waals surface area contributed by atoms with Crippen molar-refractivity contribution in [3.05, 3.63) is 48.0 Å². The minimum Gasteiger partial charge on any atom is -0.497 e. The largest absolute Gasteiger partial charge is 0.497 e. The monoisotopic (exact) mass is 341 g/mol. The predicted molar refractivity (Wildman–Crippen MR) is 94.6 cm³/mol. The van der Waals surface area contributed by atoms with Crippen LogP contribution in [-0.2, 0) is 4.79 Å². The molecule has 130 valence electrons. The number of nitrogens with one attached hydrogen (secondary N) is 1. The molecule has 6 heteroatoms. The van der Waals surface area contributed by atoms with Gasteiger partial charge in [0.25, 0.3) is 0 Å². The van der Waals surface area contributed by atoms with Crippen molar-refractivity contribution in [1.29, 1.82) is 0 Å². The van der Waals surface area contributed by atoms with Crippen LogP contribution in [0, 0.1) is 0 Å². The molecule has 0 atom stereocenters. The molecule has 0 saturated heterocycles. The Balaban J connectivity index is 1.69. The number of fused-ring (bicyclic) bond motifs is 1. The van der Waals surface area contributed by atoms with E-state index >= 15 is 0 Å². The molecule has 1 amide bonds. The maximum absolute atomic E-state index is 12.2. The second-order valence-corrected chi connectivity index (χ2v) is 5.29. The first-order valence-electron chi connectivity index (χ1n) is 7.80. The zero-order valence-electron chi connectivity index (χ0n) is 14.1. The lowest BCUT2D eigenvalue weighted by molar-refractivity contribution is -0.111. The molecule has 0 radical (unpaired) electrons. The first-order chi connectivity index (χ1) is 12.2. The number of ether oxygens (including phenoxy) is 4. The van der Waals surface area contributed by atoms with E-state index in [-0.39, 0.29) is 5.91 Å². The van der Waals surface area contributed by atoms with E-state index in [1.807, 2.05) is 18.2 Å². The van der Waals surface area contributed by atoms with Crippen molar-refractivity contribution >= 4 is 17.7 Å². The number of rotatable bonds is 5. The molecule has 25 heavy (non-hydrogen) atoms. The van der Waals surface area contributed by atoms with Crippen molar-refractivity contribution in [2.24, 2.45) is 0 Å². The van der Waals surface area contributed by atoms with E-state index in [2.05, 4.69) is 5.32 Å². The summed E-state index contributed by atoms with van der Waals surface area (Å²) in [6.45, 7) is 1.08. The Labute approximate surface area is 146 Å². The summed E-state index contributed by atoms with van der Waals surface area (Å²) in [6.07, 6.45) is 3.17. The minimum atomic E-state index is -0.265. The summed E-state index contributed by atoms with van der Waals surface area (Å²) in [7, 11) is 3.11. The van der Waals surface area contributed by atoms with Gasteiger partial charge in [-0.15, -0.1) is 0 Å². The summed E-state index contributed by atoms with van der Waals surface area (Å²) in [5.41, 5.74) is 1.42. The Morgan fingerprint density at radius 1 is 1.04 bits per heavy atom. The van der Waals surface area contributed by atoms with Gasteiger partial charge in [0.15, 0.2) is 11.5 Å². The average molecular weight is 341 g/mol. The van der Waals surface area contributed by atoms with Gasteiger partial charge in [-0.3, -0.25) is 4.79 Å². The predicted octanol–water partition coefficient (Wildman–Crippen LogP) is 3.13. The van der Waals surface area contributed by atoms with Gasteiger partial charge >= 0.3 is 0 Å². The fourth-order valence-electron chi connectivity index (χ4n) is 2.41. The van der Waals surface area contributed by atoms with E-state index in [1.54, 1.807) is 31.4 Å². The number of carbonyl (C=O) groups excluding carboxylic acids is 1. The van der Waals surface area contributed by atoms with E-state index in [1.165, 1.54) is 13.2 Å². The molecule has 2 aromatic rings. The first kappa shape index (κ1) is 16.7. The molecule has 0 aromatic heterocycles. The first-order valence-corrected chi connectivity index (χ1v) is 7.80. The van der Waals surface area contributed by atoms with Crippen LogP contribution in [0.25, 0.3) is 6.08 Å². The summed E-state index contributed by atoms with van der Waals surface area (Å²) in [6, 6.07) is 10.7. The van der Waals surface area contributed by atoms with Crippen molar-refractivity contribution in [1.82, 2.24) is 0 Å². The summed E-state index contributed by atoms with van der Waals surface area (Å²) >= 11 is 0. The van der Waals surface area contributed by atoms with Gasteiger partial charge in [0.1, 0.15) is 24.7 Å². The molecule has 0 saturated carbocycles. The van der Waals surface area contributed by atoms with Crippen LogP contribution in [0.3, 0.4) is 0 Å². The Hall–Kier alpha value is -3.15. The second-order valence-electron chi connectivity index (χ2n) is 5.29. The van der Waals surface area contributed by atoms with Gasteiger partial charge in [-0.25, -0.2) is 0 Å². The summed E-state index contributed by atoms with van der Waals surface area (Å²) in [4.78, 5) is 12.2. The number of anilines is 1. The van der Waals surface area contributed by atoms with Crippen LogP contribution < -0.4 is 24.3 Å². The van der Waals surface area contributed by atoms with Crippen molar-refractivity contribution in [2.45, 2.75) is 0 Å². The molecular weight excluding hydrogens is 322 g/mol. The molecule has 1 aliphatic heterocycles. The van der Waals surface area contributed by atoms with Gasteiger partial charge in [-0.1, -0.05) is 6.07 Å². The minimum absolute atomic E-state index is 0.265. The molecule has 1 aliphatic rings. The van der Waals surface area contributed by atoms with Crippen molar-refractivity contribution in [3.63, 3.8) is 0 Å². The maximum Gasteiger partial charge on any atom is 0.248 e. The third-order valence-electron chi connectivity index (χ3n) is 3.66. The standard InChI is InChI=1S/C19H19NO5/c1-22-14-5-6-15(17(12-14)23-2)20-19(21)8-4-13-3-7-16-18(11-13)25-10-9-24-16/h3-8,11-12H,9-10H2,1-2H3,(H,20,21)/b8-4+. The van der Waals surface area contributed by atoms with Gasteiger partial charge in [0.2, 0.25) is 5.91 Å². The lowest BCUT2D eigenvalue weighted by Gasteiger charge is -2.18. The molecule has 3 rings (SSSR count). The third kappa shape index (κ3) is 4.03. The Morgan fingerprint density at radius 2 is 1.84 bits per heavy atom. The average Bonchev–Trinajstić information content (AvgIpc) is 2.66. The Kier molecular flexibility index (Phi) is 5.09. The van der Waals surface area contributed by atoms with Crippen LogP contribution in [0.1, 0.15) is 5.56 Å². The van der Waals surface area contributed by atoms with E-state index in [0.29, 0.717) is 36.1 Å². The van der Waals surface area contributed by atoms with Crippen molar-refractivity contribution in [2.75, 3.05) is 32.8 Å². The molecule has 0 aliphatic carbocycles. The van der Waals surface area contributed by atoms with Crippen molar-refractivity contribution in [3.8, 4) is 23.0 Å². The highest BCUT2D eigenvalue weighted by Gasteiger charge is 2.11. The summed E-state index contributed by atoms with van der Waals surface area (Å²) in [5, 5.41) is 2.78. The number of carbonyl (C=O) groups is 1. The lowest BCUT2D eigenvalue weighted by Crippen LogP contribution is -2.15. The molecule has 2 aromatic carbocycles.